The van der Waals surface area contributed by atoms with Crippen LogP contribution in [0.3, 0.4) is 0 Å². The fourth-order valence-electron chi connectivity index (χ4n) is 3.16. The first kappa shape index (κ1) is 17.3. The van der Waals surface area contributed by atoms with Crippen LogP contribution in [0.5, 0.6) is 0 Å². The molecule has 0 aliphatic heterocycles. The van der Waals surface area contributed by atoms with E-state index in [9.17, 15) is 9.59 Å². The van der Waals surface area contributed by atoms with Gasteiger partial charge in [0.2, 0.25) is 0 Å². The third kappa shape index (κ3) is 4.01. The third-order valence-electron chi connectivity index (χ3n) is 4.46. The molecule has 1 aliphatic carbocycles. The minimum Gasteiger partial charge on any atom is -0.451 e. The summed E-state index contributed by atoms with van der Waals surface area (Å²) in [6, 6.07) is 9.84. The highest BCUT2D eigenvalue weighted by Gasteiger charge is 2.43. The number of hydrogen-bond donors (Lipinski definition) is 0. The standard InChI is InChI=1S/C19H24O4/c1-14(2)18(21)22-13-17(20)23-19(12-8-7-9-15(19)3)16-10-5-4-6-11-16/h4-6,10-11,15H,1,7-9,12-13H2,2-3H3. The zero-order valence-electron chi connectivity index (χ0n) is 13.8. The fraction of sp³-hybridized carbons (Fsp3) is 0.474. The normalized spacial score (nSPS) is 23.8. The van der Waals surface area contributed by atoms with Crippen molar-refractivity contribution in [1.29, 1.82) is 0 Å². The van der Waals surface area contributed by atoms with Crippen LogP contribution in [0.4, 0.5) is 0 Å². The van der Waals surface area contributed by atoms with E-state index in [1.165, 1.54) is 0 Å². The lowest BCUT2D eigenvalue weighted by Gasteiger charge is -2.42. The van der Waals surface area contributed by atoms with Gasteiger partial charge in [0.1, 0.15) is 5.60 Å². The van der Waals surface area contributed by atoms with Gasteiger partial charge in [0.25, 0.3) is 0 Å². The third-order valence-corrected chi connectivity index (χ3v) is 4.46. The Morgan fingerprint density at radius 2 is 1.96 bits per heavy atom. The molecular formula is C19H24O4. The first-order chi connectivity index (χ1) is 11.0. The molecule has 1 aromatic rings. The van der Waals surface area contributed by atoms with Crippen LogP contribution < -0.4 is 0 Å². The molecule has 0 radical (unpaired) electrons. The second-order valence-electron chi connectivity index (χ2n) is 6.23. The van der Waals surface area contributed by atoms with Gasteiger partial charge in [-0.05, 0) is 31.7 Å². The van der Waals surface area contributed by atoms with Gasteiger partial charge in [0.05, 0.1) is 0 Å². The predicted octanol–water partition coefficient (Wildman–Crippen LogP) is 3.75. The van der Waals surface area contributed by atoms with E-state index >= 15 is 0 Å². The molecule has 0 bridgehead atoms. The maximum absolute atomic E-state index is 12.2. The van der Waals surface area contributed by atoms with Gasteiger partial charge < -0.3 is 9.47 Å². The molecule has 4 nitrogen and oxygen atoms in total. The zero-order chi connectivity index (χ0) is 16.9. The Labute approximate surface area is 137 Å². The summed E-state index contributed by atoms with van der Waals surface area (Å²) in [7, 11) is 0. The predicted molar refractivity (Wildman–Crippen MR) is 87.6 cm³/mol. The summed E-state index contributed by atoms with van der Waals surface area (Å²) >= 11 is 0. The lowest BCUT2D eigenvalue weighted by atomic mass is 9.72. The number of benzene rings is 1. The van der Waals surface area contributed by atoms with Gasteiger partial charge in [-0.2, -0.15) is 0 Å². The average Bonchev–Trinajstić information content (AvgIpc) is 2.55. The molecule has 0 heterocycles. The maximum Gasteiger partial charge on any atom is 0.345 e. The molecule has 4 heteroatoms. The van der Waals surface area contributed by atoms with Crippen molar-refractivity contribution >= 4 is 11.9 Å². The minimum absolute atomic E-state index is 0.222. The Bertz CT molecular complexity index is 578. The van der Waals surface area contributed by atoms with E-state index in [2.05, 4.69) is 13.5 Å². The van der Waals surface area contributed by atoms with Crippen molar-refractivity contribution in [3.05, 3.63) is 48.0 Å². The van der Waals surface area contributed by atoms with Gasteiger partial charge in [-0.3, -0.25) is 0 Å². The monoisotopic (exact) mass is 316 g/mol. The van der Waals surface area contributed by atoms with Crippen molar-refractivity contribution in [3.63, 3.8) is 0 Å². The summed E-state index contributed by atoms with van der Waals surface area (Å²) in [4.78, 5) is 23.7. The molecule has 0 N–H and O–H groups in total. The summed E-state index contributed by atoms with van der Waals surface area (Å²) < 4.78 is 10.8. The van der Waals surface area contributed by atoms with Crippen LogP contribution >= 0.6 is 0 Å². The first-order valence-corrected chi connectivity index (χ1v) is 8.05. The quantitative estimate of drug-likeness (QED) is 0.613. The van der Waals surface area contributed by atoms with E-state index in [0.29, 0.717) is 0 Å². The number of rotatable bonds is 5. The minimum atomic E-state index is -0.633. The van der Waals surface area contributed by atoms with Gasteiger partial charge in [-0.25, -0.2) is 9.59 Å². The van der Waals surface area contributed by atoms with Crippen molar-refractivity contribution < 1.29 is 19.1 Å². The Morgan fingerprint density at radius 3 is 2.57 bits per heavy atom. The Morgan fingerprint density at radius 1 is 1.26 bits per heavy atom. The number of carbonyl (C=O) groups excluding carboxylic acids is 2. The van der Waals surface area contributed by atoms with Gasteiger partial charge in [-0.15, -0.1) is 0 Å². The second-order valence-corrected chi connectivity index (χ2v) is 6.23. The smallest absolute Gasteiger partial charge is 0.345 e. The summed E-state index contributed by atoms with van der Waals surface area (Å²) in [5.41, 5.74) is 0.639. The average molecular weight is 316 g/mol. The van der Waals surface area contributed by atoms with E-state index in [-0.39, 0.29) is 18.1 Å². The van der Waals surface area contributed by atoms with E-state index < -0.39 is 17.5 Å². The Balaban J connectivity index is 2.14. The maximum atomic E-state index is 12.2. The number of carbonyl (C=O) groups is 2. The van der Waals surface area contributed by atoms with Crippen LogP contribution in [-0.2, 0) is 24.7 Å². The highest BCUT2D eigenvalue weighted by molar-refractivity contribution is 5.88. The molecule has 1 fully saturated rings. The summed E-state index contributed by atoms with van der Waals surface area (Å²) in [6.07, 6.45) is 3.95. The van der Waals surface area contributed by atoms with Crippen molar-refractivity contribution in [2.24, 2.45) is 5.92 Å². The molecule has 124 valence electrons. The van der Waals surface area contributed by atoms with Crippen LogP contribution in [-0.4, -0.2) is 18.5 Å². The largest absolute Gasteiger partial charge is 0.451 e. The molecular weight excluding hydrogens is 292 g/mol. The van der Waals surface area contributed by atoms with Crippen LogP contribution in [0.15, 0.2) is 42.5 Å². The molecule has 0 saturated heterocycles. The van der Waals surface area contributed by atoms with Crippen LogP contribution in [0.1, 0.15) is 45.1 Å². The molecule has 2 rings (SSSR count). The van der Waals surface area contributed by atoms with E-state index in [1.54, 1.807) is 6.92 Å². The van der Waals surface area contributed by atoms with Crippen molar-refractivity contribution in [2.45, 2.75) is 45.1 Å². The molecule has 0 spiro atoms. The molecule has 1 saturated carbocycles. The number of esters is 2. The van der Waals surface area contributed by atoms with Gasteiger partial charge in [-0.1, -0.05) is 50.3 Å². The van der Waals surface area contributed by atoms with Crippen molar-refractivity contribution in [3.8, 4) is 0 Å². The van der Waals surface area contributed by atoms with Gasteiger partial charge in [0, 0.05) is 11.5 Å². The molecule has 0 amide bonds. The van der Waals surface area contributed by atoms with Gasteiger partial charge >= 0.3 is 11.9 Å². The molecule has 1 aliphatic rings. The van der Waals surface area contributed by atoms with Crippen LogP contribution in [0, 0.1) is 5.92 Å². The topological polar surface area (TPSA) is 52.6 Å². The highest BCUT2D eigenvalue weighted by Crippen LogP contribution is 2.44. The Kier molecular flexibility index (Phi) is 5.59. The fourth-order valence-corrected chi connectivity index (χ4v) is 3.16. The van der Waals surface area contributed by atoms with E-state index in [0.717, 1.165) is 31.2 Å². The van der Waals surface area contributed by atoms with E-state index in [4.69, 9.17) is 9.47 Å². The zero-order valence-corrected chi connectivity index (χ0v) is 13.8. The SMILES string of the molecule is C=C(C)C(=O)OCC(=O)OC1(c2ccccc2)CCCCC1C. The number of ether oxygens (including phenoxy) is 2. The van der Waals surface area contributed by atoms with Crippen molar-refractivity contribution in [2.75, 3.05) is 6.61 Å². The Hall–Kier alpha value is -2.10. The summed E-state index contributed by atoms with van der Waals surface area (Å²) in [5.74, 6) is -0.871. The lowest BCUT2D eigenvalue weighted by molar-refractivity contribution is -0.179. The van der Waals surface area contributed by atoms with Crippen LogP contribution in [0.25, 0.3) is 0 Å². The molecule has 1 aromatic carbocycles. The molecule has 2 atom stereocenters. The molecule has 23 heavy (non-hydrogen) atoms. The summed E-state index contributed by atoms with van der Waals surface area (Å²) in [6.45, 7) is 6.77. The van der Waals surface area contributed by atoms with Crippen LogP contribution in [0.2, 0.25) is 0 Å². The lowest BCUT2D eigenvalue weighted by Crippen LogP contribution is -2.42. The molecule has 0 aromatic heterocycles. The van der Waals surface area contributed by atoms with E-state index in [1.807, 2.05) is 30.3 Å². The first-order valence-electron chi connectivity index (χ1n) is 8.05. The number of hydrogen-bond acceptors (Lipinski definition) is 4. The highest BCUT2D eigenvalue weighted by atomic mass is 16.6. The van der Waals surface area contributed by atoms with Crippen molar-refractivity contribution in [1.82, 2.24) is 0 Å². The molecule has 2 unspecified atom stereocenters. The summed E-state index contributed by atoms with van der Waals surface area (Å²) in [5, 5.41) is 0. The second kappa shape index (κ2) is 7.44. The van der Waals surface area contributed by atoms with Gasteiger partial charge in [0.15, 0.2) is 6.61 Å².